The molecule has 1 saturated heterocycles. The van der Waals surface area contributed by atoms with E-state index in [1.807, 2.05) is 21.6 Å². The molecule has 3 atom stereocenters. The van der Waals surface area contributed by atoms with Gasteiger partial charge in [-0.3, -0.25) is 24.0 Å². The molecule has 0 aliphatic carbocycles. The van der Waals surface area contributed by atoms with Crippen LogP contribution in [0.4, 0.5) is 0 Å². The van der Waals surface area contributed by atoms with E-state index in [0.717, 1.165) is 39.7 Å². The quantitative estimate of drug-likeness (QED) is 0.0904. The van der Waals surface area contributed by atoms with Gasteiger partial charge < -0.3 is 37.0 Å². The predicted octanol–water partition coefficient (Wildman–Crippen LogP) is 2.51. The summed E-state index contributed by atoms with van der Waals surface area (Å²) in [5, 5.41) is 42.2. The third-order valence-corrected chi connectivity index (χ3v) is 11.1. The Balaban J connectivity index is 0. The highest BCUT2D eigenvalue weighted by atomic mass is 33.1. The van der Waals surface area contributed by atoms with Crippen LogP contribution in [0.15, 0.2) is 0 Å². The van der Waals surface area contributed by atoms with Gasteiger partial charge in [0.25, 0.3) is 0 Å². The van der Waals surface area contributed by atoms with E-state index in [0.29, 0.717) is 6.42 Å². The van der Waals surface area contributed by atoms with E-state index in [4.69, 9.17) is 37.0 Å². The number of unbranched alkanes of at least 4 members (excludes halogenated alkanes) is 1. The largest absolute Gasteiger partial charge is 0.481 e. The van der Waals surface area contributed by atoms with Gasteiger partial charge in [0.15, 0.2) is 0 Å². The van der Waals surface area contributed by atoms with Gasteiger partial charge in [-0.1, -0.05) is 71.2 Å². The lowest BCUT2D eigenvalue weighted by atomic mass is 10.1. The van der Waals surface area contributed by atoms with E-state index in [9.17, 15) is 24.0 Å². The molecular formula is C18H32N2O10S6. The number of hydrogen-bond donors (Lipinski definition) is 7. The van der Waals surface area contributed by atoms with E-state index >= 15 is 0 Å². The monoisotopic (exact) mass is 628 g/mol. The minimum absolute atomic E-state index is 0.0576. The van der Waals surface area contributed by atoms with Crippen LogP contribution >= 0.6 is 64.8 Å². The van der Waals surface area contributed by atoms with Crippen LogP contribution in [0.25, 0.3) is 0 Å². The lowest BCUT2D eigenvalue weighted by Gasteiger charge is -2.07. The Bertz CT molecular complexity index is 632. The van der Waals surface area contributed by atoms with Crippen LogP contribution in [0.3, 0.4) is 0 Å². The summed E-state index contributed by atoms with van der Waals surface area (Å²) in [5.41, 5.74) is 10.4. The normalized spacial score (nSPS) is 15.9. The Morgan fingerprint density at radius 3 is 1.56 bits per heavy atom. The van der Waals surface area contributed by atoms with Crippen molar-refractivity contribution in [3.05, 3.63) is 0 Å². The second kappa shape index (κ2) is 24.7. The number of nitrogens with two attached hydrogens (primary N) is 2. The lowest BCUT2D eigenvalue weighted by molar-refractivity contribution is -0.138. The molecule has 9 N–H and O–H groups in total. The Morgan fingerprint density at radius 1 is 0.750 bits per heavy atom. The fourth-order valence-electron chi connectivity index (χ4n) is 1.78. The molecule has 1 unspecified atom stereocenters. The van der Waals surface area contributed by atoms with Crippen LogP contribution in [0, 0.1) is 0 Å². The maximum absolute atomic E-state index is 10.3. The van der Waals surface area contributed by atoms with Crippen LogP contribution in [-0.4, -0.2) is 101 Å². The van der Waals surface area contributed by atoms with Gasteiger partial charge in [0, 0.05) is 28.9 Å². The number of carbonyl (C=O) groups is 5. The summed E-state index contributed by atoms with van der Waals surface area (Å²) in [4.78, 5) is 50.4. The molecule has 0 amide bonds. The zero-order valence-corrected chi connectivity index (χ0v) is 24.1. The zero-order chi connectivity index (χ0) is 27.9. The summed E-state index contributed by atoms with van der Waals surface area (Å²) in [7, 11) is 8.38. The number of rotatable bonds is 17. The average Bonchev–Trinajstić information content (AvgIpc) is 3.31. The van der Waals surface area contributed by atoms with Gasteiger partial charge in [-0.25, -0.2) is 0 Å². The summed E-state index contributed by atoms with van der Waals surface area (Å²) >= 11 is 0. The molecule has 0 bridgehead atoms. The molecular weight excluding hydrogens is 597 g/mol. The first-order chi connectivity index (χ1) is 16.9. The van der Waals surface area contributed by atoms with Gasteiger partial charge in [-0.05, 0) is 19.3 Å². The number of hydrogen-bond acceptors (Lipinski definition) is 13. The van der Waals surface area contributed by atoms with Crippen molar-refractivity contribution in [2.45, 2.75) is 49.4 Å². The molecule has 1 fully saturated rings. The van der Waals surface area contributed by atoms with Crippen molar-refractivity contribution >= 4 is 94.6 Å². The topological polar surface area (TPSA) is 239 Å². The number of carboxylic acids is 5. The number of carboxylic acid groups (broad SMARTS) is 5. The summed E-state index contributed by atoms with van der Waals surface area (Å²) in [6.45, 7) is 0. The minimum Gasteiger partial charge on any atom is -0.481 e. The second-order valence-corrected chi connectivity index (χ2v) is 14.5. The van der Waals surface area contributed by atoms with E-state index in [1.165, 1.54) is 40.2 Å². The molecule has 210 valence electrons. The van der Waals surface area contributed by atoms with E-state index < -0.39 is 41.9 Å². The molecule has 36 heavy (non-hydrogen) atoms. The van der Waals surface area contributed by atoms with Crippen molar-refractivity contribution in [3.63, 3.8) is 0 Å². The highest BCUT2D eigenvalue weighted by Crippen LogP contribution is 2.39. The van der Waals surface area contributed by atoms with E-state index in [-0.39, 0.29) is 23.0 Å². The molecule has 1 aliphatic heterocycles. The molecule has 0 aromatic rings. The van der Waals surface area contributed by atoms with E-state index in [2.05, 4.69) is 0 Å². The SMILES string of the molecule is N[C@@H](CSSC[C@H](N)C(=O)O)C(=O)O.O=C(O)CCCCC1CCSS1.O=C(O)CSSCC(=O)O. The van der Waals surface area contributed by atoms with Gasteiger partial charge >= 0.3 is 29.8 Å². The predicted molar refractivity (Wildman–Crippen MR) is 151 cm³/mol. The van der Waals surface area contributed by atoms with Crippen molar-refractivity contribution in [2.24, 2.45) is 11.5 Å². The van der Waals surface area contributed by atoms with Crippen LogP contribution in [-0.2, 0) is 24.0 Å². The third kappa shape index (κ3) is 27.9. The molecule has 0 aromatic carbocycles. The fourth-order valence-corrected chi connectivity index (χ4v) is 8.51. The van der Waals surface area contributed by atoms with Crippen LogP contribution < -0.4 is 11.5 Å². The minimum atomic E-state index is -1.07. The summed E-state index contributed by atoms with van der Waals surface area (Å²) in [6.07, 6.45) is 4.76. The van der Waals surface area contributed by atoms with Gasteiger partial charge in [-0.2, -0.15) is 0 Å². The average molecular weight is 629 g/mol. The van der Waals surface area contributed by atoms with Gasteiger partial charge in [0.2, 0.25) is 0 Å². The van der Waals surface area contributed by atoms with E-state index in [1.54, 1.807) is 0 Å². The summed E-state index contributed by atoms with van der Waals surface area (Å²) < 4.78 is 0. The first kappa shape index (κ1) is 37.5. The van der Waals surface area contributed by atoms with Crippen molar-refractivity contribution in [3.8, 4) is 0 Å². The molecule has 12 nitrogen and oxygen atoms in total. The molecule has 18 heteroatoms. The lowest BCUT2D eigenvalue weighted by Crippen LogP contribution is -2.33. The Morgan fingerprint density at radius 2 is 1.22 bits per heavy atom. The first-order valence-corrected chi connectivity index (χ1v) is 17.6. The Labute approximate surface area is 232 Å². The molecule has 0 spiro atoms. The highest BCUT2D eigenvalue weighted by molar-refractivity contribution is 8.77. The third-order valence-electron chi connectivity index (χ3n) is 3.56. The molecule has 1 heterocycles. The second-order valence-electron chi connectivity index (χ2n) is 6.74. The molecule has 0 aromatic heterocycles. The summed E-state index contributed by atoms with van der Waals surface area (Å²) in [5.74, 6) is -3.04. The Kier molecular flexibility index (Phi) is 25.7. The Hall–Kier alpha value is -0.630. The van der Waals surface area contributed by atoms with Crippen LogP contribution in [0.5, 0.6) is 0 Å². The van der Waals surface area contributed by atoms with Gasteiger partial charge in [-0.15, -0.1) is 0 Å². The molecule has 0 saturated carbocycles. The van der Waals surface area contributed by atoms with Gasteiger partial charge in [0.05, 0.1) is 0 Å². The van der Waals surface area contributed by atoms with Crippen molar-refractivity contribution in [2.75, 3.05) is 28.8 Å². The van der Waals surface area contributed by atoms with Gasteiger partial charge in [0.1, 0.15) is 23.6 Å². The maximum Gasteiger partial charge on any atom is 0.321 e. The first-order valence-electron chi connectivity index (χ1n) is 10.3. The van der Waals surface area contributed by atoms with Crippen LogP contribution in [0.2, 0.25) is 0 Å². The molecule has 1 rings (SSSR count). The number of aliphatic carboxylic acids is 5. The standard InChI is InChI=1S/C8H14O2S2.C6H12N2O4S2.C4H6O4S2/c9-8(10)4-2-1-3-7-5-6-11-12-7;7-3(5(9)10)1-13-14-2-4(8)6(11)12;5-3(6)1-9-10-2-4(7)8/h7H,1-6H2,(H,9,10);3-4H,1-2,7-8H2,(H,9,10)(H,11,12);1-2H2,(H,5,6)(H,7,8)/t;3-,4-;/m.0./s1. The fraction of sp³-hybridized carbons (Fsp3) is 0.722. The van der Waals surface area contributed by atoms with Crippen molar-refractivity contribution in [1.29, 1.82) is 0 Å². The highest BCUT2D eigenvalue weighted by Gasteiger charge is 2.16. The maximum atomic E-state index is 10.3. The van der Waals surface area contributed by atoms with Crippen molar-refractivity contribution in [1.82, 2.24) is 0 Å². The van der Waals surface area contributed by atoms with Crippen LogP contribution in [0.1, 0.15) is 32.1 Å². The molecule has 1 aliphatic rings. The molecule has 0 radical (unpaired) electrons. The smallest absolute Gasteiger partial charge is 0.321 e. The zero-order valence-electron chi connectivity index (χ0n) is 19.2. The summed E-state index contributed by atoms with van der Waals surface area (Å²) in [6, 6.07) is -1.85. The van der Waals surface area contributed by atoms with Crippen molar-refractivity contribution < 1.29 is 49.5 Å².